The van der Waals surface area contributed by atoms with E-state index in [4.69, 9.17) is 15.0 Å². The summed E-state index contributed by atoms with van der Waals surface area (Å²) in [4.78, 5) is 14.8. The summed E-state index contributed by atoms with van der Waals surface area (Å²) in [5, 5.41) is 12.2. The molecule has 0 atom stereocenters. The molecule has 54 heavy (non-hydrogen) atoms. The number of nitrogens with zero attached hydrogens (tertiary/aromatic N) is 4. The van der Waals surface area contributed by atoms with E-state index in [0.29, 0.717) is 23.0 Å². The lowest BCUT2D eigenvalue weighted by Gasteiger charge is -2.16. The zero-order chi connectivity index (χ0) is 36.0. The van der Waals surface area contributed by atoms with Crippen molar-refractivity contribution in [2.75, 3.05) is 0 Å². The first-order valence-corrected chi connectivity index (χ1v) is 18.0. The van der Waals surface area contributed by atoms with Crippen LogP contribution in [0.4, 0.5) is 0 Å². The molecule has 9 aromatic rings. The second-order valence-electron chi connectivity index (χ2n) is 13.5. The first-order valence-electron chi connectivity index (χ1n) is 18.0. The van der Waals surface area contributed by atoms with Crippen LogP contribution in [-0.2, 0) is 0 Å². The summed E-state index contributed by atoms with van der Waals surface area (Å²) in [6.45, 7) is 0. The Labute approximate surface area is 313 Å². The molecule has 8 aromatic carbocycles. The standard InChI is InChI=1S/C50H30N4/c51-31-32-12-9-19-37(28-32)40-24-26-44-42-22-7-8-23-43(42)45-27-25-41(46(40)47(44)45)38-20-10-17-35(29-38)36-18-11-21-39(30-36)50-53-48(33-13-3-1-4-14-33)52-49(54-50)34-15-5-2-6-16-34/h1-30H. The molecule has 1 aromatic heterocycles. The Bertz CT molecular complexity index is 2860. The molecule has 0 spiro atoms. The van der Waals surface area contributed by atoms with Crippen LogP contribution in [0.3, 0.4) is 0 Å². The Balaban J connectivity index is 1.12. The van der Waals surface area contributed by atoms with Gasteiger partial charge < -0.3 is 0 Å². The van der Waals surface area contributed by atoms with E-state index in [1.165, 1.54) is 33.0 Å². The van der Waals surface area contributed by atoms with Crippen molar-refractivity contribution in [2.24, 2.45) is 0 Å². The number of aromatic nitrogens is 3. The highest BCUT2D eigenvalue weighted by Gasteiger charge is 2.25. The zero-order valence-electron chi connectivity index (χ0n) is 29.1. The number of nitriles is 1. The summed E-state index contributed by atoms with van der Waals surface area (Å²) in [6, 6.07) is 65.2. The minimum absolute atomic E-state index is 0.622. The van der Waals surface area contributed by atoms with Crippen molar-refractivity contribution < 1.29 is 0 Å². The lowest BCUT2D eigenvalue weighted by atomic mass is 9.87. The molecule has 250 valence electrons. The quantitative estimate of drug-likeness (QED) is 0.175. The van der Waals surface area contributed by atoms with Gasteiger partial charge in [0, 0.05) is 16.7 Å². The Hall–Kier alpha value is -7.48. The topological polar surface area (TPSA) is 62.5 Å². The fraction of sp³-hybridized carbons (Fsp3) is 0. The number of rotatable bonds is 6. The maximum atomic E-state index is 9.77. The lowest BCUT2D eigenvalue weighted by Crippen LogP contribution is -2.00. The van der Waals surface area contributed by atoms with E-state index < -0.39 is 0 Å². The van der Waals surface area contributed by atoms with Gasteiger partial charge in [-0.15, -0.1) is 0 Å². The van der Waals surface area contributed by atoms with Crippen molar-refractivity contribution in [3.05, 3.63) is 188 Å². The van der Waals surface area contributed by atoms with Gasteiger partial charge in [-0.2, -0.15) is 5.26 Å². The summed E-state index contributed by atoms with van der Waals surface area (Å²) in [7, 11) is 0. The van der Waals surface area contributed by atoms with Gasteiger partial charge in [0.05, 0.1) is 11.6 Å². The minimum Gasteiger partial charge on any atom is -0.208 e. The molecule has 1 aliphatic rings. The summed E-state index contributed by atoms with van der Waals surface area (Å²) in [5.41, 5.74) is 15.0. The predicted octanol–water partition coefficient (Wildman–Crippen LogP) is 12.5. The monoisotopic (exact) mass is 686 g/mol. The first kappa shape index (κ1) is 31.3. The largest absolute Gasteiger partial charge is 0.208 e. The maximum absolute atomic E-state index is 9.77. The van der Waals surface area contributed by atoms with E-state index in [1.807, 2.05) is 78.9 Å². The summed E-state index contributed by atoms with van der Waals surface area (Å²) >= 11 is 0. The van der Waals surface area contributed by atoms with Gasteiger partial charge in [0.15, 0.2) is 17.5 Å². The molecule has 0 bridgehead atoms. The smallest absolute Gasteiger partial charge is 0.164 e. The average molecular weight is 687 g/mol. The SMILES string of the molecule is N#Cc1cccc(-c2ccc3c4c(ccc(-c5cccc(-c6cccc(-c7nc(-c8ccccc8)nc(-c8ccccc8)n7)c6)c5)c24)-c2ccccc2-3)c1. The molecule has 0 saturated carbocycles. The second kappa shape index (κ2) is 12.9. The first-order chi connectivity index (χ1) is 26.7. The van der Waals surface area contributed by atoms with Crippen LogP contribution in [0.5, 0.6) is 0 Å². The molecule has 0 saturated heterocycles. The van der Waals surface area contributed by atoms with Crippen molar-refractivity contribution >= 4 is 10.8 Å². The Morgan fingerprint density at radius 3 is 1.24 bits per heavy atom. The van der Waals surface area contributed by atoms with Crippen LogP contribution < -0.4 is 0 Å². The molecule has 0 radical (unpaired) electrons. The van der Waals surface area contributed by atoms with Crippen molar-refractivity contribution in [2.45, 2.75) is 0 Å². The minimum atomic E-state index is 0.622. The maximum Gasteiger partial charge on any atom is 0.164 e. The second-order valence-corrected chi connectivity index (χ2v) is 13.5. The van der Waals surface area contributed by atoms with Crippen LogP contribution in [0.25, 0.3) is 101 Å². The van der Waals surface area contributed by atoms with Gasteiger partial charge in [0.1, 0.15) is 0 Å². The Kier molecular flexibility index (Phi) is 7.49. The predicted molar refractivity (Wildman–Crippen MR) is 219 cm³/mol. The van der Waals surface area contributed by atoms with Crippen LogP contribution in [0.2, 0.25) is 0 Å². The molecule has 1 heterocycles. The van der Waals surface area contributed by atoms with Crippen LogP contribution in [0, 0.1) is 11.3 Å². The molecular weight excluding hydrogens is 657 g/mol. The van der Waals surface area contributed by atoms with E-state index in [1.54, 1.807) is 0 Å². The fourth-order valence-electron chi connectivity index (χ4n) is 7.78. The Morgan fingerprint density at radius 2 is 0.685 bits per heavy atom. The summed E-state index contributed by atoms with van der Waals surface area (Å²) in [6.07, 6.45) is 0. The highest BCUT2D eigenvalue weighted by Crippen LogP contribution is 2.52. The normalized spacial score (nSPS) is 11.3. The van der Waals surface area contributed by atoms with Crippen molar-refractivity contribution in [1.29, 1.82) is 5.26 Å². The van der Waals surface area contributed by atoms with E-state index >= 15 is 0 Å². The van der Waals surface area contributed by atoms with Crippen molar-refractivity contribution in [3.63, 3.8) is 0 Å². The van der Waals surface area contributed by atoms with Crippen LogP contribution in [-0.4, -0.2) is 15.0 Å². The third-order valence-electron chi connectivity index (χ3n) is 10.3. The number of benzene rings is 8. The van der Waals surface area contributed by atoms with Crippen molar-refractivity contribution in [3.8, 4) is 95.9 Å². The van der Waals surface area contributed by atoms with Crippen LogP contribution in [0.15, 0.2) is 182 Å². The van der Waals surface area contributed by atoms with Gasteiger partial charge in [0.2, 0.25) is 0 Å². The fourth-order valence-corrected chi connectivity index (χ4v) is 7.78. The lowest BCUT2D eigenvalue weighted by molar-refractivity contribution is 1.07. The third-order valence-corrected chi connectivity index (χ3v) is 10.3. The van der Waals surface area contributed by atoms with Gasteiger partial charge in [-0.3, -0.25) is 0 Å². The highest BCUT2D eigenvalue weighted by molar-refractivity contribution is 6.22. The molecule has 0 aliphatic heterocycles. The molecule has 0 amide bonds. The zero-order valence-corrected chi connectivity index (χ0v) is 29.1. The highest BCUT2D eigenvalue weighted by atomic mass is 15.0. The van der Waals surface area contributed by atoms with E-state index in [2.05, 4.69) is 109 Å². The molecule has 0 fully saturated rings. The molecule has 4 nitrogen and oxygen atoms in total. The molecule has 10 rings (SSSR count). The van der Waals surface area contributed by atoms with E-state index in [0.717, 1.165) is 50.1 Å². The third kappa shape index (κ3) is 5.35. The molecular formula is C50H30N4. The van der Waals surface area contributed by atoms with Crippen molar-refractivity contribution in [1.82, 2.24) is 15.0 Å². The van der Waals surface area contributed by atoms with Gasteiger partial charge >= 0.3 is 0 Å². The van der Waals surface area contributed by atoms with E-state index in [9.17, 15) is 5.26 Å². The van der Waals surface area contributed by atoms with Gasteiger partial charge in [-0.25, -0.2) is 15.0 Å². The van der Waals surface area contributed by atoms with E-state index in [-0.39, 0.29) is 0 Å². The summed E-state index contributed by atoms with van der Waals surface area (Å²) < 4.78 is 0. The molecule has 1 aliphatic carbocycles. The molecule has 4 heteroatoms. The average Bonchev–Trinajstić information content (AvgIpc) is 3.59. The van der Waals surface area contributed by atoms with Gasteiger partial charge in [-0.05, 0) is 90.7 Å². The number of fused-ring (bicyclic) bond motifs is 3. The molecule has 0 N–H and O–H groups in total. The van der Waals surface area contributed by atoms with Gasteiger partial charge in [0.25, 0.3) is 0 Å². The summed E-state index contributed by atoms with van der Waals surface area (Å²) in [5.74, 6) is 1.89. The Morgan fingerprint density at radius 1 is 0.296 bits per heavy atom. The molecule has 0 unspecified atom stereocenters. The number of hydrogen-bond acceptors (Lipinski definition) is 4. The van der Waals surface area contributed by atoms with Crippen LogP contribution in [0.1, 0.15) is 5.56 Å². The van der Waals surface area contributed by atoms with Gasteiger partial charge in [-0.1, -0.05) is 158 Å². The van der Waals surface area contributed by atoms with Crippen LogP contribution >= 0.6 is 0 Å². The number of hydrogen-bond donors (Lipinski definition) is 0.